The van der Waals surface area contributed by atoms with E-state index in [4.69, 9.17) is 14.2 Å². The molecule has 282 valence electrons. The number of unbranched alkanes of at least 4 members (excludes halogenated alkanes) is 19. The summed E-state index contributed by atoms with van der Waals surface area (Å²) in [6, 6.07) is -0.724. The Morgan fingerprint density at radius 2 is 1.06 bits per heavy atom. The molecule has 2 atom stereocenters. The van der Waals surface area contributed by atoms with E-state index in [9.17, 15) is 19.5 Å². The monoisotopic (exact) mass is 682 g/mol. The first kappa shape index (κ1) is 46.1. The molecule has 0 aliphatic heterocycles. The topological polar surface area (TPSA) is 102 Å². The molecule has 0 fully saturated rings. The molecule has 0 heterocycles. The van der Waals surface area contributed by atoms with Crippen molar-refractivity contribution in [2.75, 3.05) is 41.0 Å². The van der Waals surface area contributed by atoms with E-state index in [1.54, 1.807) is 21.1 Å². The summed E-state index contributed by atoms with van der Waals surface area (Å²) in [5.41, 5.74) is 0. The Hall–Kier alpha value is -1.93. The van der Waals surface area contributed by atoms with Gasteiger partial charge < -0.3 is 28.6 Å². The lowest BCUT2D eigenvalue weighted by atomic mass is 10.0. The fourth-order valence-corrected chi connectivity index (χ4v) is 5.78. The lowest BCUT2D eigenvalue weighted by Crippen LogP contribution is -2.55. The Labute approximate surface area is 295 Å². The highest BCUT2D eigenvalue weighted by molar-refractivity contribution is 5.70. The minimum absolute atomic E-state index is 0.0343. The normalized spacial score (nSPS) is 13.1. The highest BCUT2D eigenvalue weighted by atomic mass is 16.6. The SMILES string of the molecule is CCCCCC/C=C/CCCC(=O)OC(COCCC(C(=O)[O-])[N+](C)(C)C)COC(=O)CCCCCCCCCCCCCCCCC. The number of carboxylic acids is 1. The van der Waals surface area contributed by atoms with E-state index in [1.807, 2.05) is 0 Å². The first-order valence-electron chi connectivity index (χ1n) is 19.7. The second kappa shape index (κ2) is 32.3. The van der Waals surface area contributed by atoms with Crippen molar-refractivity contribution in [1.29, 1.82) is 0 Å². The molecule has 0 spiro atoms. The Morgan fingerprint density at radius 1 is 0.604 bits per heavy atom. The van der Waals surface area contributed by atoms with Crippen molar-refractivity contribution < 1.29 is 38.2 Å². The van der Waals surface area contributed by atoms with Gasteiger partial charge >= 0.3 is 11.9 Å². The highest BCUT2D eigenvalue weighted by Gasteiger charge is 2.25. The van der Waals surface area contributed by atoms with E-state index in [-0.39, 0.29) is 49.1 Å². The van der Waals surface area contributed by atoms with Crippen LogP contribution < -0.4 is 5.11 Å². The largest absolute Gasteiger partial charge is 0.544 e. The number of carboxylic acid groups (broad SMARTS) is 1. The predicted molar refractivity (Wildman–Crippen MR) is 194 cm³/mol. The molecule has 0 radical (unpaired) electrons. The molecule has 0 aromatic carbocycles. The zero-order valence-electron chi connectivity index (χ0n) is 31.9. The van der Waals surface area contributed by atoms with E-state index < -0.39 is 18.1 Å². The van der Waals surface area contributed by atoms with E-state index in [1.165, 1.54) is 103 Å². The van der Waals surface area contributed by atoms with Crippen LogP contribution in [0.5, 0.6) is 0 Å². The van der Waals surface area contributed by atoms with Gasteiger partial charge in [-0.3, -0.25) is 9.59 Å². The minimum atomic E-state index is -1.13. The Morgan fingerprint density at radius 3 is 1.56 bits per heavy atom. The first-order chi connectivity index (χ1) is 23.1. The van der Waals surface area contributed by atoms with Crippen LogP contribution >= 0.6 is 0 Å². The van der Waals surface area contributed by atoms with Crippen LogP contribution in [0.4, 0.5) is 0 Å². The molecule has 0 amide bonds. The van der Waals surface area contributed by atoms with Crippen LogP contribution in [-0.4, -0.2) is 75.5 Å². The third-order valence-electron chi connectivity index (χ3n) is 8.90. The van der Waals surface area contributed by atoms with Crippen LogP contribution in [0.3, 0.4) is 0 Å². The molecule has 0 aromatic rings. The summed E-state index contributed by atoms with van der Waals surface area (Å²) in [6.45, 7) is 4.60. The van der Waals surface area contributed by atoms with Gasteiger partial charge in [-0.15, -0.1) is 0 Å². The van der Waals surface area contributed by atoms with Crippen molar-refractivity contribution in [3.05, 3.63) is 12.2 Å². The van der Waals surface area contributed by atoms with Gasteiger partial charge in [0.1, 0.15) is 12.6 Å². The standard InChI is InChI=1S/C40H75NO7/c1-6-8-10-12-14-16-17-18-19-20-21-23-24-26-28-30-38(42)47-35-36(34-46-33-32-37(40(44)45)41(3,4)5)48-39(43)31-29-27-25-22-15-13-11-9-7-2/h22,25,36-37H,6-21,23-24,26-35H2,1-5H3/b25-22+. The molecule has 0 aromatic heterocycles. The fourth-order valence-electron chi connectivity index (χ4n) is 5.78. The van der Waals surface area contributed by atoms with Gasteiger partial charge in [-0.25, -0.2) is 0 Å². The average Bonchev–Trinajstić information content (AvgIpc) is 3.03. The van der Waals surface area contributed by atoms with Crippen molar-refractivity contribution in [3.8, 4) is 0 Å². The number of rotatable bonds is 35. The Kier molecular flexibility index (Phi) is 31.0. The Balaban J connectivity index is 4.35. The number of allylic oxidation sites excluding steroid dienone is 2. The second-order valence-electron chi connectivity index (χ2n) is 14.5. The summed E-state index contributed by atoms with van der Waals surface area (Å²) in [7, 11) is 5.39. The number of esters is 2. The number of aliphatic carboxylic acids is 1. The number of carbonyl (C=O) groups is 3. The summed E-state index contributed by atoms with van der Waals surface area (Å²) in [6.07, 6.45) is 31.0. The van der Waals surface area contributed by atoms with E-state index in [0.717, 1.165) is 32.1 Å². The molecular weight excluding hydrogens is 606 g/mol. The fraction of sp³-hybridized carbons (Fsp3) is 0.875. The van der Waals surface area contributed by atoms with Crippen molar-refractivity contribution >= 4 is 17.9 Å². The van der Waals surface area contributed by atoms with Gasteiger partial charge in [0.05, 0.1) is 40.3 Å². The first-order valence-corrected chi connectivity index (χ1v) is 19.7. The number of nitrogens with zero attached hydrogens (tertiary/aromatic N) is 1. The van der Waals surface area contributed by atoms with Crippen molar-refractivity contribution in [2.45, 2.75) is 187 Å². The molecule has 0 aliphatic rings. The van der Waals surface area contributed by atoms with Gasteiger partial charge in [-0.05, 0) is 32.1 Å². The van der Waals surface area contributed by atoms with Crippen molar-refractivity contribution in [3.63, 3.8) is 0 Å². The predicted octanol–water partition coefficient (Wildman–Crippen LogP) is 8.63. The number of ether oxygens (including phenoxy) is 3. The lowest BCUT2D eigenvalue weighted by Gasteiger charge is -2.34. The zero-order chi connectivity index (χ0) is 35.7. The van der Waals surface area contributed by atoms with Gasteiger partial charge in [-0.1, -0.05) is 135 Å². The lowest BCUT2D eigenvalue weighted by molar-refractivity contribution is -0.889. The molecule has 0 saturated carbocycles. The molecule has 0 rings (SSSR count). The molecule has 0 saturated heterocycles. The van der Waals surface area contributed by atoms with Gasteiger partial charge in [0.25, 0.3) is 0 Å². The number of quaternary nitrogens is 1. The summed E-state index contributed by atoms with van der Waals surface area (Å²) in [5.74, 6) is -1.77. The number of hydrogen-bond acceptors (Lipinski definition) is 7. The summed E-state index contributed by atoms with van der Waals surface area (Å²) < 4.78 is 17.0. The number of hydrogen-bond donors (Lipinski definition) is 0. The van der Waals surface area contributed by atoms with Crippen LogP contribution in [0.25, 0.3) is 0 Å². The third kappa shape index (κ3) is 30.2. The van der Waals surface area contributed by atoms with E-state index in [0.29, 0.717) is 12.8 Å². The van der Waals surface area contributed by atoms with E-state index in [2.05, 4.69) is 26.0 Å². The molecule has 8 nitrogen and oxygen atoms in total. The molecule has 0 bridgehead atoms. The summed E-state index contributed by atoms with van der Waals surface area (Å²) in [5, 5.41) is 11.6. The van der Waals surface area contributed by atoms with Gasteiger partial charge in [0.15, 0.2) is 6.10 Å². The molecule has 48 heavy (non-hydrogen) atoms. The third-order valence-corrected chi connectivity index (χ3v) is 8.90. The van der Waals surface area contributed by atoms with Crippen molar-refractivity contribution in [1.82, 2.24) is 0 Å². The number of carbonyl (C=O) groups excluding carboxylic acids is 3. The second-order valence-corrected chi connectivity index (χ2v) is 14.5. The minimum Gasteiger partial charge on any atom is -0.544 e. The van der Waals surface area contributed by atoms with Crippen LogP contribution in [-0.2, 0) is 28.6 Å². The molecule has 0 N–H and O–H groups in total. The van der Waals surface area contributed by atoms with Crippen LogP contribution in [0.1, 0.15) is 174 Å². The van der Waals surface area contributed by atoms with Crippen LogP contribution in [0, 0.1) is 0 Å². The summed E-state index contributed by atoms with van der Waals surface area (Å²) in [4.78, 5) is 36.6. The quantitative estimate of drug-likeness (QED) is 0.0286. The average molecular weight is 682 g/mol. The molecular formula is C40H75NO7. The van der Waals surface area contributed by atoms with Crippen LogP contribution in [0.15, 0.2) is 12.2 Å². The summed E-state index contributed by atoms with van der Waals surface area (Å²) >= 11 is 0. The highest BCUT2D eigenvalue weighted by Crippen LogP contribution is 2.14. The molecule has 8 heteroatoms. The molecule has 0 aliphatic carbocycles. The Bertz CT molecular complexity index is 808. The maximum absolute atomic E-state index is 12.6. The van der Waals surface area contributed by atoms with Crippen LogP contribution in [0.2, 0.25) is 0 Å². The van der Waals surface area contributed by atoms with Gasteiger partial charge in [0, 0.05) is 19.3 Å². The van der Waals surface area contributed by atoms with Gasteiger partial charge in [0.2, 0.25) is 0 Å². The zero-order valence-corrected chi connectivity index (χ0v) is 31.9. The van der Waals surface area contributed by atoms with Crippen molar-refractivity contribution in [2.24, 2.45) is 0 Å². The smallest absolute Gasteiger partial charge is 0.306 e. The maximum Gasteiger partial charge on any atom is 0.306 e. The maximum atomic E-state index is 12.6. The van der Waals surface area contributed by atoms with Gasteiger partial charge in [-0.2, -0.15) is 0 Å². The van der Waals surface area contributed by atoms with E-state index >= 15 is 0 Å². The molecule has 2 unspecified atom stereocenters. The number of likely N-dealkylation sites (N-methyl/N-ethyl adjacent to an activating group) is 1.